The molecule has 3 rings (SSSR count). The molecule has 0 saturated carbocycles. The summed E-state index contributed by atoms with van der Waals surface area (Å²) in [6, 6.07) is 3.34. The van der Waals surface area contributed by atoms with Gasteiger partial charge in [-0.15, -0.1) is 0 Å². The van der Waals surface area contributed by atoms with Crippen molar-refractivity contribution in [2.24, 2.45) is 5.92 Å². The van der Waals surface area contributed by atoms with Crippen LogP contribution < -0.4 is 5.32 Å². The standard InChI is InChI=1S/C18H22F3IN4O/c1-3-25-5-4-14(11(2)8-25)24-17(27)13-6-12(22)7-15-16(13)23-10-26(15)9-18(19,20)21/h6-7,10-11,14H,3-5,8-9H2,1-2H3,(H,24,27)/t11-,14-/m0/s1. The molecule has 148 valence electrons. The average molecular weight is 494 g/mol. The first-order valence-electron chi connectivity index (χ1n) is 8.92. The predicted molar refractivity (Wildman–Crippen MR) is 106 cm³/mol. The lowest BCUT2D eigenvalue weighted by molar-refractivity contribution is -0.139. The number of nitrogens with one attached hydrogen (secondary N) is 1. The molecule has 0 radical (unpaired) electrons. The minimum Gasteiger partial charge on any atom is -0.349 e. The number of hydrogen-bond donors (Lipinski definition) is 1. The highest BCUT2D eigenvalue weighted by Crippen LogP contribution is 2.26. The Kier molecular flexibility index (Phi) is 5.99. The number of hydrogen-bond acceptors (Lipinski definition) is 3. The number of rotatable bonds is 4. The monoisotopic (exact) mass is 494 g/mol. The van der Waals surface area contributed by atoms with Crippen molar-refractivity contribution >= 4 is 39.5 Å². The number of piperidine rings is 1. The summed E-state index contributed by atoms with van der Waals surface area (Å²) in [6.45, 7) is 5.92. The van der Waals surface area contributed by atoms with Crippen LogP contribution in [0.2, 0.25) is 0 Å². The lowest BCUT2D eigenvalue weighted by atomic mass is 9.93. The van der Waals surface area contributed by atoms with Gasteiger partial charge in [0.2, 0.25) is 0 Å². The van der Waals surface area contributed by atoms with E-state index in [1.807, 2.05) is 22.6 Å². The van der Waals surface area contributed by atoms with Gasteiger partial charge in [-0.05, 0) is 53.6 Å². The molecular weight excluding hydrogens is 472 g/mol. The molecule has 0 spiro atoms. The second-order valence-corrected chi connectivity index (χ2v) is 8.29. The van der Waals surface area contributed by atoms with Crippen LogP contribution in [0.3, 0.4) is 0 Å². The summed E-state index contributed by atoms with van der Waals surface area (Å²) in [5.41, 5.74) is 0.942. The summed E-state index contributed by atoms with van der Waals surface area (Å²) in [7, 11) is 0. The van der Waals surface area contributed by atoms with Gasteiger partial charge in [0, 0.05) is 22.7 Å². The fourth-order valence-corrected chi connectivity index (χ4v) is 4.21. The lowest BCUT2D eigenvalue weighted by Gasteiger charge is -2.36. The van der Waals surface area contributed by atoms with E-state index in [-0.39, 0.29) is 11.9 Å². The van der Waals surface area contributed by atoms with Crippen LogP contribution in [-0.4, -0.2) is 52.2 Å². The Morgan fingerprint density at radius 1 is 1.41 bits per heavy atom. The molecule has 9 heteroatoms. The van der Waals surface area contributed by atoms with Crippen LogP contribution in [0, 0.1) is 9.49 Å². The summed E-state index contributed by atoms with van der Waals surface area (Å²) in [6.07, 6.45) is -2.34. The van der Waals surface area contributed by atoms with Crippen molar-refractivity contribution in [3.8, 4) is 0 Å². The second kappa shape index (κ2) is 7.94. The van der Waals surface area contributed by atoms with E-state index >= 15 is 0 Å². The predicted octanol–water partition coefficient (Wildman–Crippen LogP) is 3.66. The third kappa shape index (κ3) is 4.74. The number of imidazole rings is 1. The Bertz CT molecular complexity index is 836. The molecule has 1 N–H and O–H groups in total. The molecule has 2 aromatic rings. The van der Waals surface area contributed by atoms with Crippen molar-refractivity contribution in [2.75, 3.05) is 19.6 Å². The Labute approximate surface area is 169 Å². The van der Waals surface area contributed by atoms with Gasteiger partial charge in [0.05, 0.1) is 17.4 Å². The highest BCUT2D eigenvalue weighted by Gasteiger charge is 2.30. The number of nitrogens with zero attached hydrogens (tertiary/aromatic N) is 3. The van der Waals surface area contributed by atoms with Gasteiger partial charge in [0.1, 0.15) is 12.1 Å². The van der Waals surface area contributed by atoms with Gasteiger partial charge in [-0.1, -0.05) is 13.8 Å². The topological polar surface area (TPSA) is 50.2 Å². The molecule has 1 aliphatic rings. The van der Waals surface area contributed by atoms with Gasteiger partial charge in [-0.3, -0.25) is 4.79 Å². The highest BCUT2D eigenvalue weighted by molar-refractivity contribution is 14.1. The number of carbonyl (C=O) groups is 1. The molecule has 1 saturated heterocycles. The van der Waals surface area contributed by atoms with Gasteiger partial charge in [0.25, 0.3) is 5.91 Å². The normalized spacial score (nSPS) is 21.6. The zero-order valence-corrected chi connectivity index (χ0v) is 17.3. The Hall–Kier alpha value is -1.36. The van der Waals surface area contributed by atoms with Crippen molar-refractivity contribution < 1.29 is 18.0 Å². The molecule has 5 nitrogen and oxygen atoms in total. The van der Waals surface area contributed by atoms with E-state index in [1.165, 1.54) is 0 Å². The zero-order valence-electron chi connectivity index (χ0n) is 15.2. The van der Waals surface area contributed by atoms with Gasteiger partial charge in [-0.25, -0.2) is 4.98 Å². The van der Waals surface area contributed by atoms with E-state index < -0.39 is 12.7 Å². The molecule has 1 amide bonds. The number of halogens is 4. The quantitative estimate of drug-likeness (QED) is 0.661. The number of alkyl halides is 3. The molecular formula is C18H22F3IN4O. The van der Waals surface area contributed by atoms with Crippen molar-refractivity contribution in [3.63, 3.8) is 0 Å². The minimum absolute atomic E-state index is 0.0467. The Morgan fingerprint density at radius 3 is 2.78 bits per heavy atom. The molecule has 1 aromatic heterocycles. The third-order valence-electron chi connectivity index (χ3n) is 5.04. The number of aromatic nitrogens is 2. The summed E-state index contributed by atoms with van der Waals surface area (Å²) < 4.78 is 40.1. The molecule has 1 fully saturated rings. The second-order valence-electron chi connectivity index (χ2n) is 7.05. The Balaban J connectivity index is 1.85. The van der Waals surface area contributed by atoms with E-state index in [0.29, 0.717) is 26.1 Å². The smallest absolute Gasteiger partial charge is 0.349 e. The van der Waals surface area contributed by atoms with Crippen molar-refractivity contribution in [3.05, 3.63) is 27.6 Å². The van der Waals surface area contributed by atoms with Crippen LogP contribution >= 0.6 is 22.6 Å². The van der Waals surface area contributed by atoms with Crippen LogP contribution in [0.15, 0.2) is 18.5 Å². The van der Waals surface area contributed by atoms with Crippen LogP contribution in [-0.2, 0) is 6.54 Å². The fraction of sp³-hybridized carbons (Fsp3) is 0.556. The van der Waals surface area contributed by atoms with Crippen molar-refractivity contribution in [1.82, 2.24) is 19.8 Å². The largest absolute Gasteiger partial charge is 0.406 e. The van der Waals surface area contributed by atoms with Gasteiger partial charge < -0.3 is 14.8 Å². The van der Waals surface area contributed by atoms with Crippen LogP contribution in [0.4, 0.5) is 13.2 Å². The zero-order chi connectivity index (χ0) is 19.8. The maximum Gasteiger partial charge on any atom is 0.406 e. The van der Waals surface area contributed by atoms with Gasteiger partial charge in [-0.2, -0.15) is 13.2 Å². The summed E-state index contributed by atoms with van der Waals surface area (Å²) in [4.78, 5) is 19.3. The maximum atomic E-state index is 12.9. The summed E-state index contributed by atoms with van der Waals surface area (Å²) >= 11 is 2.01. The van der Waals surface area contributed by atoms with E-state index in [1.54, 1.807) is 12.1 Å². The first kappa shape index (κ1) is 20.4. The van der Waals surface area contributed by atoms with Crippen LogP contribution in [0.1, 0.15) is 30.6 Å². The first-order valence-corrected chi connectivity index (χ1v) is 10.00. The van der Waals surface area contributed by atoms with Crippen molar-refractivity contribution in [2.45, 2.75) is 39.0 Å². The SMILES string of the molecule is CCN1CC[C@H](NC(=O)c2cc(I)cc3c2ncn3CC(F)(F)F)[C@@H](C)C1. The maximum absolute atomic E-state index is 12.9. The van der Waals surface area contributed by atoms with E-state index in [4.69, 9.17) is 0 Å². The van der Waals surface area contributed by atoms with E-state index in [9.17, 15) is 18.0 Å². The van der Waals surface area contributed by atoms with E-state index in [0.717, 1.165) is 36.9 Å². The van der Waals surface area contributed by atoms with Gasteiger partial charge in [0.15, 0.2) is 0 Å². The molecule has 2 heterocycles. The number of carbonyl (C=O) groups excluding carboxylic acids is 1. The number of likely N-dealkylation sites (tertiary alicyclic amines) is 1. The molecule has 1 aliphatic heterocycles. The fourth-order valence-electron chi connectivity index (χ4n) is 3.60. The van der Waals surface area contributed by atoms with Crippen LogP contribution in [0.25, 0.3) is 11.0 Å². The molecule has 2 atom stereocenters. The van der Waals surface area contributed by atoms with Gasteiger partial charge >= 0.3 is 6.18 Å². The molecule has 0 unspecified atom stereocenters. The molecule has 27 heavy (non-hydrogen) atoms. The number of fused-ring (bicyclic) bond motifs is 1. The molecule has 1 aromatic carbocycles. The average Bonchev–Trinajstić information content (AvgIpc) is 2.96. The number of amides is 1. The van der Waals surface area contributed by atoms with Crippen LogP contribution in [0.5, 0.6) is 0 Å². The molecule has 0 bridgehead atoms. The highest BCUT2D eigenvalue weighted by atomic mass is 127. The molecule has 0 aliphatic carbocycles. The third-order valence-corrected chi connectivity index (χ3v) is 5.66. The van der Waals surface area contributed by atoms with E-state index in [2.05, 4.69) is 29.0 Å². The first-order chi connectivity index (χ1) is 12.7. The summed E-state index contributed by atoms with van der Waals surface area (Å²) in [5.74, 6) is 0.0290. The summed E-state index contributed by atoms with van der Waals surface area (Å²) in [5, 5.41) is 3.07. The Morgan fingerprint density at radius 2 is 2.15 bits per heavy atom. The minimum atomic E-state index is -4.35. The number of benzene rings is 1. The van der Waals surface area contributed by atoms with Crippen molar-refractivity contribution in [1.29, 1.82) is 0 Å². The lowest BCUT2D eigenvalue weighted by Crippen LogP contribution is -2.49.